The molecule has 0 saturated heterocycles. The molecule has 59 heavy (non-hydrogen) atoms. The van der Waals surface area contributed by atoms with Crippen LogP contribution in [0.3, 0.4) is 0 Å². The van der Waals surface area contributed by atoms with Crippen molar-refractivity contribution >= 4 is 19.8 Å². The van der Waals surface area contributed by atoms with Gasteiger partial charge < -0.3 is 39.9 Å². The monoisotopic (exact) mass is 863 g/mol. The van der Waals surface area contributed by atoms with Crippen molar-refractivity contribution in [1.29, 1.82) is 0 Å². The van der Waals surface area contributed by atoms with E-state index in [-0.39, 0.29) is 12.8 Å². The molecule has 0 aromatic carbocycles. The summed E-state index contributed by atoms with van der Waals surface area (Å²) in [7, 11) is -5.12. The predicted molar refractivity (Wildman–Crippen MR) is 230 cm³/mol. The highest BCUT2D eigenvalue weighted by molar-refractivity contribution is 7.47. The number of esters is 2. The van der Waals surface area contributed by atoms with E-state index in [0.717, 1.165) is 51.4 Å². The maximum atomic E-state index is 12.8. The van der Waals surface area contributed by atoms with Crippen LogP contribution >= 0.6 is 7.82 Å². The Kier molecular flexibility index (Phi) is 33.7. The van der Waals surface area contributed by atoms with Crippen molar-refractivity contribution in [3.8, 4) is 0 Å². The fraction of sp³-hybridized carbons (Fsp3) is 0.867. The van der Waals surface area contributed by atoms with Crippen molar-refractivity contribution < 1.29 is 63.1 Å². The number of phosphoric acid groups is 1. The first-order valence-electron chi connectivity index (χ1n) is 23.1. The van der Waals surface area contributed by atoms with Crippen molar-refractivity contribution in [3.05, 3.63) is 24.8 Å². The molecule has 1 aliphatic carbocycles. The van der Waals surface area contributed by atoms with Gasteiger partial charge in [-0.05, 0) is 51.4 Å². The van der Waals surface area contributed by atoms with Gasteiger partial charge in [0.25, 0.3) is 0 Å². The number of carbonyl (C=O) groups is 2. The van der Waals surface area contributed by atoms with Crippen LogP contribution in [0.2, 0.25) is 0 Å². The number of unbranched alkanes of at least 4 members (excludes halogenated alkanes) is 24. The van der Waals surface area contributed by atoms with Crippen molar-refractivity contribution in [2.75, 3.05) is 13.2 Å². The standard InChI is InChI=1S/C45H83O13P/c1-3-5-7-9-11-13-15-17-19-21-23-25-27-29-31-33-38(46)55-35-37(36-56-59(53,54)58-45-43(51)41(49)40(48)42(50)44(45)52)57-39(47)34-32-30-28-26-24-22-20-18-16-14-12-10-8-6-4-2/h3,22,24,37,40-45,48-52H,1,4-21,23,25-36H2,2H3,(H,53,54)/b24-22+/t37-,40?,41-,42?,43?,44?,45?/m1/s1. The molecule has 0 spiro atoms. The van der Waals surface area contributed by atoms with Crippen LogP contribution in [0.25, 0.3) is 0 Å². The Morgan fingerprint density at radius 3 is 1.42 bits per heavy atom. The van der Waals surface area contributed by atoms with Gasteiger partial charge >= 0.3 is 19.8 Å². The fourth-order valence-corrected chi connectivity index (χ4v) is 8.12. The summed E-state index contributed by atoms with van der Waals surface area (Å²) in [6.45, 7) is 4.81. The molecule has 0 aliphatic heterocycles. The quantitative estimate of drug-likeness (QED) is 0.0148. The lowest BCUT2D eigenvalue weighted by Gasteiger charge is -2.41. The first-order valence-corrected chi connectivity index (χ1v) is 24.6. The third-order valence-corrected chi connectivity index (χ3v) is 11.9. The van der Waals surface area contributed by atoms with E-state index >= 15 is 0 Å². The molecule has 0 radical (unpaired) electrons. The lowest BCUT2D eigenvalue weighted by molar-refractivity contribution is -0.220. The molecular weight excluding hydrogens is 779 g/mol. The minimum absolute atomic E-state index is 0.0781. The highest BCUT2D eigenvalue weighted by Crippen LogP contribution is 2.47. The second kappa shape index (κ2) is 35.9. The number of phosphoric ester groups is 1. The summed E-state index contributed by atoms with van der Waals surface area (Å²) in [4.78, 5) is 35.7. The van der Waals surface area contributed by atoms with Crippen molar-refractivity contribution in [2.24, 2.45) is 0 Å². The molecule has 1 aliphatic rings. The highest BCUT2D eigenvalue weighted by atomic mass is 31.2. The minimum Gasteiger partial charge on any atom is -0.462 e. The largest absolute Gasteiger partial charge is 0.472 e. The topological polar surface area (TPSA) is 210 Å². The first kappa shape index (κ1) is 55.3. The van der Waals surface area contributed by atoms with Gasteiger partial charge in [0.15, 0.2) is 6.10 Å². The molecule has 8 atom stereocenters. The normalized spacial score (nSPS) is 22.3. The van der Waals surface area contributed by atoms with Gasteiger partial charge in [-0.1, -0.05) is 147 Å². The Bertz CT molecular complexity index is 1120. The smallest absolute Gasteiger partial charge is 0.462 e. The van der Waals surface area contributed by atoms with Gasteiger partial charge in [-0.2, -0.15) is 0 Å². The summed E-state index contributed by atoms with van der Waals surface area (Å²) in [6, 6.07) is 0. The zero-order valence-electron chi connectivity index (χ0n) is 36.4. The Labute approximate surface area is 356 Å². The van der Waals surface area contributed by atoms with E-state index in [1.54, 1.807) is 0 Å². The SMILES string of the molecule is C=CCCCCCCCCCCCCCCCC(=O)OC[C@H](COP(=O)(O)OC1C(O)C(O)C(O)[C@@H](O)C1O)OC(=O)CCCCC/C=C/CCCCCCCCCC. The van der Waals surface area contributed by atoms with Crippen LogP contribution in [0.1, 0.15) is 193 Å². The van der Waals surface area contributed by atoms with Crippen molar-refractivity contribution in [1.82, 2.24) is 0 Å². The molecule has 0 bridgehead atoms. The summed E-state index contributed by atoms with van der Waals surface area (Å²) in [5.74, 6) is -1.12. The molecule has 346 valence electrons. The number of carbonyl (C=O) groups excluding carboxylic acids is 2. The Hall–Kier alpha value is -1.67. The van der Waals surface area contributed by atoms with Gasteiger partial charge in [-0.3, -0.25) is 18.6 Å². The van der Waals surface area contributed by atoms with Crippen LogP contribution in [0, 0.1) is 0 Å². The summed E-state index contributed by atoms with van der Waals surface area (Å²) in [5, 5.41) is 50.1. The number of allylic oxidation sites excluding steroid dienone is 3. The number of hydrogen-bond acceptors (Lipinski definition) is 12. The summed E-state index contributed by atoms with van der Waals surface area (Å²) < 4.78 is 33.5. The summed E-state index contributed by atoms with van der Waals surface area (Å²) in [6.07, 6.45) is 24.1. The molecule has 14 heteroatoms. The van der Waals surface area contributed by atoms with Crippen LogP contribution in [0.4, 0.5) is 0 Å². The van der Waals surface area contributed by atoms with Gasteiger partial charge in [0.05, 0.1) is 6.61 Å². The molecule has 0 heterocycles. The van der Waals surface area contributed by atoms with E-state index in [1.807, 2.05) is 6.08 Å². The molecule has 0 aromatic rings. The van der Waals surface area contributed by atoms with E-state index in [9.17, 15) is 44.6 Å². The van der Waals surface area contributed by atoms with Gasteiger partial charge in [0.1, 0.15) is 43.2 Å². The van der Waals surface area contributed by atoms with Gasteiger partial charge in [0.2, 0.25) is 0 Å². The van der Waals surface area contributed by atoms with Crippen LogP contribution in [0.5, 0.6) is 0 Å². The van der Waals surface area contributed by atoms with Crippen LogP contribution < -0.4 is 0 Å². The number of hydrogen-bond donors (Lipinski definition) is 6. The summed E-state index contributed by atoms with van der Waals surface area (Å²) >= 11 is 0. The molecule has 0 aromatic heterocycles. The zero-order valence-corrected chi connectivity index (χ0v) is 37.3. The van der Waals surface area contributed by atoms with Crippen LogP contribution in [-0.4, -0.2) is 98.3 Å². The van der Waals surface area contributed by atoms with Gasteiger partial charge in [-0.15, -0.1) is 6.58 Å². The average molecular weight is 863 g/mol. The molecule has 1 saturated carbocycles. The van der Waals surface area contributed by atoms with Crippen LogP contribution in [0.15, 0.2) is 24.8 Å². The minimum atomic E-state index is -5.12. The van der Waals surface area contributed by atoms with E-state index in [2.05, 4.69) is 25.7 Å². The molecule has 6 unspecified atom stereocenters. The molecule has 6 N–H and O–H groups in total. The highest BCUT2D eigenvalue weighted by Gasteiger charge is 2.51. The molecule has 13 nitrogen and oxygen atoms in total. The van der Waals surface area contributed by atoms with E-state index in [0.29, 0.717) is 12.8 Å². The number of aliphatic hydroxyl groups is 5. The van der Waals surface area contributed by atoms with Crippen molar-refractivity contribution in [3.63, 3.8) is 0 Å². The third kappa shape index (κ3) is 28.5. The molecule has 1 rings (SSSR count). The van der Waals surface area contributed by atoms with Gasteiger partial charge in [0, 0.05) is 12.8 Å². The number of aliphatic hydroxyl groups excluding tert-OH is 5. The Morgan fingerprint density at radius 1 is 0.559 bits per heavy atom. The molecule has 0 amide bonds. The maximum absolute atomic E-state index is 12.8. The van der Waals surface area contributed by atoms with Crippen molar-refractivity contribution in [2.45, 2.75) is 236 Å². The van der Waals surface area contributed by atoms with E-state index < -0.39 is 75.7 Å². The first-order chi connectivity index (χ1) is 28.4. The van der Waals surface area contributed by atoms with Gasteiger partial charge in [-0.25, -0.2) is 4.57 Å². The third-order valence-electron chi connectivity index (χ3n) is 10.9. The predicted octanol–water partition coefficient (Wildman–Crippen LogP) is 8.84. The Balaban J connectivity index is 2.46. The second-order valence-corrected chi connectivity index (χ2v) is 17.7. The average Bonchev–Trinajstić information content (AvgIpc) is 3.21. The Morgan fingerprint density at radius 2 is 0.949 bits per heavy atom. The lowest BCUT2D eigenvalue weighted by Crippen LogP contribution is -2.64. The number of rotatable bonds is 39. The fourth-order valence-electron chi connectivity index (χ4n) is 7.14. The molecule has 1 fully saturated rings. The maximum Gasteiger partial charge on any atom is 0.472 e. The summed E-state index contributed by atoms with van der Waals surface area (Å²) in [5.41, 5.74) is 0. The van der Waals surface area contributed by atoms with E-state index in [1.165, 1.54) is 109 Å². The zero-order chi connectivity index (χ0) is 43.6. The van der Waals surface area contributed by atoms with Crippen LogP contribution in [-0.2, 0) is 32.7 Å². The van der Waals surface area contributed by atoms with E-state index in [4.69, 9.17) is 18.5 Å². The molecular formula is C45H83O13P. The lowest BCUT2D eigenvalue weighted by atomic mass is 9.85. The number of ether oxygens (including phenoxy) is 2. The second-order valence-electron chi connectivity index (χ2n) is 16.3.